The van der Waals surface area contributed by atoms with Gasteiger partial charge in [0.15, 0.2) is 0 Å². The van der Waals surface area contributed by atoms with Crippen molar-refractivity contribution in [2.75, 3.05) is 44.6 Å². The average molecular weight is 265 g/mol. The lowest BCUT2D eigenvalue weighted by Crippen LogP contribution is -2.39. The normalized spacial score (nSPS) is 11.8. The highest BCUT2D eigenvalue weighted by molar-refractivity contribution is 5.81. The van der Waals surface area contributed by atoms with Crippen molar-refractivity contribution < 1.29 is 9.53 Å². The van der Waals surface area contributed by atoms with Crippen molar-refractivity contribution in [1.29, 1.82) is 0 Å². The van der Waals surface area contributed by atoms with Gasteiger partial charge in [0.25, 0.3) is 0 Å². The second-order valence-electron chi connectivity index (χ2n) is 4.72. The second kappa shape index (κ2) is 7.63. The number of carbonyl (C=O) groups is 1. The molecule has 0 aromatic heterocycles. The molecule has 0 aliphatic heterocycles. The van der Waals surface area contributed by atoms with Gasteiger partial charge in [0.05, 0.1) is 13.2 Å². The highest BCUT2D eigenvalue weighted by atomic mass is 16.5. The van der Waals surface area contributed by atoms with E-state index in [0.29, 0.717) is 6.61 Å². The van der Waals surface area contributed by atoms with Crippen LogP contribution in [0.5, 0.6) is 0 Å². The van der Waals surface area contributed by atoms with E-state index >= 15 is 0 Å². The minimum absolute atomic E-state index is 0.0235. The first kappa shape index (κ1) is 15.3. The van der Waals surface area contributed by atoms with Crippen molar-refractivity contribution >= 4 is 17.3 Å². The summed E-state index contributed by atoms with van der Waals surface area (Å²) in [6, 6.07) is 7.96. The van der Waals surface area contributed by atoms with Gasteiger partial charge < -0.3 is 20.3 Å². The van der Waals surface area contributed by atoms with Crippen molar-refractivity contribution in [3.63, 3.8) is 0 Å². The summed E-state index contributed by atoms with van der Waals surface area (Å²) in [4.78, 5) is 13.7. The van der Waals surface area contributed by atoms with Crippen LogP contribution >= 0.6 is 0 Å². The van der Waals surface area contributed by atoms with Crippen LogP contribution in [0.1, 0.15) is 6.92 Å². The summed E-state index contributed by atoms with van der Waals surface area (Å²) in [5.41, 5.74) is 2.06. The molecule has 106 valence electrons. The Bertz CT molecular complexity index is 390. The van der Waals surface area contributed by atoms with E-state index in [1.807, 2.05) is 50.2 Å². The molecule has 2 N–H and O–H groups in total. The Balaban J connectivity index is 2.37. The lowest BCUT2D eigenvalue weighted by molar-refractivity contribution is -0.120. The second-order valence-corrected chi connectivity index (χ2v) is 4.72. The molecule has 1 aromatic carbocycles. The van der Waals surface area contributed by atoms with E-state index in [-0.39, 0.29) is 18.5 Å². The van der Waals surface area contributed by atoms with Crippen LogP contribution in [0, 0.1) is 0 Å². The number of hydrogen-bond donors (Lipinski definition) is 2. The van der Waals surface area contributed by atoms with Gasteiger partial charge in [0.2, 0.25) is 5.91 Å². The van der Waals surface area contributed by atoms with Crippen molar-refractivity contribution in [3.05, 3.63) is 24.3 Å². The molecule has 0 bridgehead atoms. The highest BCUT2D eigenvalue weighted by Crippen LogP contribution is 2.15. The lowest BCUT2D eigenvalue weighted by atomic mass is 10.2. The molecule has 1 atom stereocenters. The van der Waals surface area contributed by atoms with Crippen molar-refractivity contribution in [2.24, 2.45) is 0 Å². The summed E-state index contributed by atoms with van der Waals surface area (Å²) in [6.07, 6.45) is 0. The van der Waals surface area contributed by atoms with Crippen LogP contribution < -0.4 is 15.5 Å². The summed E-state index contributed by atoms with van der Waals surface area (Å²) in [7, 11) is 5.60. The summed E-state index contributed by atoms with van der Waals surface area (Å²) < 4.78 is 4.96. The van der Waals surface area contributed by atoms with Gasteiger partial charge in [-0.15, -0.1) is 0 Å². The minimum atomic E-state index is -0.0405. The fourth-order valence-corrected chi connectivity index (χ4v) is 1.68. The Morgan fingerprint density at radius 2 is 1.95 bits per heavy atom. The van der Waals surface area contributed by atoms with Gasteiger partial charge in [-0.05, 0) is 31.2 Å². The number of anilines is 2. The fraction of sp³-hybridized carbons (Fsp3) is 0.500. The first-order valence-electron chi connectivity index (χ1n) is 6.32. The summed E-state index contributed by atoms with van der Waals surface area (Å²) in [5.74, 6) is -0.0405. The van der Waals surface area contributed by atoms with Crippen LogP contribution in [0.15, 0.2) is 24.3 Å². The Hall–Kier alpha value is -1.75. The molecule has 0 fully saturated rings. The SMILES string of the molecule is COCC(C)NC(=O)CNc1ccc(N(C)C)cc1. The standard InChI is InChI=1S/C14H23N3O2/c1-11(10-19-4)16-14(18)9-15-12-5-7-13(8-6-12)17(2)3/h5-8,11,15H,9-10H2,1-4H3,(H,16,18). The monoisotopic (exact) mass is 265 g/mol. The predicted octanol–water partition coefficient (Wildman–Crippen LogP) is 1.32. The maximum Gasteiger partial charge on any atom is 0.239 e. The molecule has 1 unspecified atom stereocenters. The first-order valence-corrected chi connectivity index (χ1v) is 6.32. The van der Waals surface area contributed by atoms with Crippen LogP contribution in [-0.4, -0.2) is 46.3 Å². The number of carbonyl (C=O) groups excluding carboxylic acids is 1. The fourth-order valence-electron chi connectivity index (χ4n) is 1.68. The molecule has 5 heteroatoms. The third-order valence-electron chi connectivity index (χ3n) is 2.66. The molecule has 0 aliphatic carbocycles. The van der Waals surface area contributed by atoms with Gasteiger partial charge in [-0.25, -0.2) is 0 Å². The molecule has 5 nitrogen and oxygen atoms in total. The Labute approximate surface area is 114 Å². The third-order valence-corrected chi connectivity index (χ3v) is 2.66. The van der Waals surface area contributed by atoms with E-state index < -0.39 is 0 Å². The average Bonchev–Trinajstić information content (AvgIpc) is 2.37. The van der Waals surface area contributed by atoms with Crippen molar-refractivity contribution in [2.45, 2.75) is 13.0 Å². The molecule has 0 saturated heterocycles. The molecule has 1 aromatic rings. The minimum Gasteiger partial charge on any atom is -0.383 e. The first-order chi connectivity index (χ1) is 9.02. The number of hydrogen-bond acceptors (Lipinski definition) is 4. The molecular weight excluding hydrogens is 242 g/mol. The molecular formula is C14H23N3O2. The van der Waals surface area contributed by atoms with E-state index in [0.717, 1.165) is 11.4 Å². The molecule has 19 heavy (non-hydrogen) atoms. The molecule has 1 rings (SSSR count). The van der Waals surface area contributed by atoms with E-state index in [1.54, 1.807) is 7.11 Å². The topological polar surface area (TPSA) is 53.6 Å². The number of rotatable bonds is 7. The van der Waals surface area contributed by atoms with Gasteiger partial charge in [-0.3, -0.25) is 4.79 Å². The smallest absolute Gasteiger partial charge is 0.239 e. The molecule has 0 heterocycles. The number of benzene rings is 1. The Kier molecular flexibility index (Phi) is 6.15. The van der Waals surface area contributed by atoms with E-state index in [1.165, 1.54) is 0 Å². The quantitative estimate of drug-likeness (QED) is 0.780. The maximum absolute atomic E-state index is 11.6. The van der Waals surface area contributed by atoms with Crippen LogP contribution in [0.3, 0.4) is 0 Å². The van der Waals surface area contributed by atoms with Crippen LogP contribution in [0.2, 0.25) is 0 Å². The number of nitrogens with zero attached hydrogens (tertiary/aromatic N) is 1. The largest absolute Gasteiger partial charge is 0.383 e. The third kappa shape index (κ3) is 5.61. The van der Waals surface area contributed by atoms with Gasteiger partial charge in [-0.2, -0.15) is 0 Å². The van der Waals surface area contributed by atoms with E-state index in [4.69, 9.17) is 4.74 Å². The van der Waals surface area contributed by atoms with Crippen molar-refractivity contribution in [3.8, 4) is 0 Å². The zero-order valence-corrected chi connectivity index (χ0v) is 12.1. The zero-order valence-electron chi connectivity index (χ0n) is 12.1. The van der Waals surface area contributed by atoms with Gasteiger partial charge in [0, 0.05) is 38.6 Å². The zero-order chi connectivity index (χ0) is 14.3. The Morgan fingerprint density at radius 3 is 2.47 bits per heavy atom. The summed E-state index contributed by atoms with van der Waals surface area (Å²) in [5, 5.41) is 5.93. The van der Waals surface area contributed by atoms with Crippen LogP contribution in [0.25, 0.3) is 0 Å². The van der Waals surface area contributed by atoms with Crippen LogP contribution in [-0.2, 0) is 9.53 Å². The molecule has 0 saturated carbocycles. The van der Waals surface area contributed by atoms with Gasteiger partial charge in [0.1, 0.15) is 0 Å². The highest BCUT2D eigenvalue weighted by Gasteiger charge is 2.06. The van der Waals surface area contributed by atoms with E-state index in [9.17, 15) is 4.79 Å². The Morgan fingerprint density at radius 1 is 1.32 bits per heavy atom. The van der Waals surface area contributed by atoms with Gasteiger partial charge in [-0.1, -0.05) is 0 Å². The summed E-state index contributed by atoms with van der Waals surface area (Å²) >= 11 is 0. The van der Waals surface area contributed by atoms with Crippen LogP contribution in [0.4, 0.5) is 11.4 Å². The molecule has 0 spiro atoms. The van der Waals surface area contributed by atoms with E-state index in [2.05, 4.69) is 10.6 Å². The number of methoxy groups -OCH3 is 1. The maximum atomic E-state index is 11.6. The molecule has 0 radical (unpaired) electrons. The number of amides is 1. The molecule has 1 amide bonds. The predicted molar refractivity (Wildman–Crippen MR) is 78.7 cm³/mol. The molecule has 0 aliphatic rings. The number of ether oxygens (including phenoxy) is 1. The summed E-state index contributed by atoms with van der Waals surface area (Å²) in [6.45, 7) is 2.69. The van der Waals surface area contributed by atoms with Gasteiger partial charge >= 0.3 is 0 Å². The lowest BCUT2D eigenvalue weighted by Gasteiger charge is -2.15. The van der Waals surface area contributed by atoms with Crippen molar-refractivity contribution in [1.82, 2.24) is 5.32 Å². The number of nitrogens with one attached hydrogen (secondary N) is 2.